The Bertz CT molecular complexity index is 1070. The second-order valence-electron chi connectivity index (χ2n) is 6.15. The van der Waals surface area contributed by atoms with Gasteiger partial charge in [0, 0.05) is 5.69 Å². The molecule has 1 heterocycles. The summed E-state index contributed by atoms with van der Waals surface area (Å²) in [5.74, 6) is 2.24. The first-order valence-electron chi connectivity index (χ1n) is 8.91. The van der Waals surface area contributed by atoms with Crippen LogP contribution in [0.3, 0.4) is 0 Å². The van der Waals surface area contributed by atoms with E-state index in [-0.39, 0.29) is 0 Å². The number of aromatic amines is 1. The molecule has 0 unspecified atom stereocenters. The molecule has 4 rings (SSSR count). The highest BCUT2D eigenvalue weighted by atomic mass is 32.1. The summed E-state index contributed by atoms with van der Waals surface area (Å²) in [5.41, 5.74) is 2.08. The van der Waals surface area contributed by atoms with Crippen LogP contribution in [-0.4, -0.2) is 14.8 Å². The third-order valence-corrected chi connectivity index (χ3v) is 4.47. The maximum atomic E-state index is 5.88. The summed E-state index contributed by atoms with van der Waals surface area (Å²) in [6.07, 6.45) is 0. The van der Waals surface area contributed by atoms with E-state index in [2.05, 4.69) is 10.2 Å². The van der Waals surface area contributed by atoms with Gasteiger partial charge < -0.3 is 9.47 Å². The lowest BCUT2D eigenvalue weighted by atomic mass is 10.2. The fraction of sp³-hybridized carbons (Fsp3) is 0.0909. The summed E-state index contributed by atoms with van der Waals surface area (Å²) in [7, 11) is 0. The topological polar surface area (TPSA) is 52.1 Å². The van der Waals surface area contributed by atoms with E-state index < -0.39 is 0 Å². The Labute approximate surface area is 168 Å². The first-order valence-corrected chi connectivity index (χ1v) is 9.32. The Morgan fingerprint density at radius 3 is 1.96 bits per heavy atom. The zero-order chi connectivity index (χ0) is 19.2. The minimum Gasteiger partial charge on any atom is -0.489 e. The molecule has 0 saturated heterocycles. The van der Waals surface area contributed by atoms with Gasteiger partial charge in [-0.1, -0.05) is 48.5 Å². The molecule has 0 amide bonds. The van der Waals surface area contributed by atoms with Crippen molar-refractivity contribution in [2.45, 2.75) is 13.2 Å². The number of rotatable bonds is 7. The van der Waals surface area contributed by atoms with Crippen LogP contribution < -0.4 is 9.47 Å². The summed E-state index contributed by atoms with van der Waals surface area (Å²) in [6.45, 7) is 0.833. The molecule has 4 aromatic rings. The second kappa shape index (κ2) is 8.54. The van der Waals surface area contributed by atoms with Crippen molar-refractivity contribution in [3.63, 3.8) is 0 Å². The Kier molecular flexibility index (Phi) is 5.49. The maximum Gasteiger partial charge on any atom is 0.199 e. The van der Waals surface area contributed by atoms with Crippen LogP contribution in [0.2, 0.25) is 0 Å². The van der Waals surface area contributed by atoms with Crippen molar-refractivity contribution in [3.05, 3.63) is 101 Å². The molecule has 1 N–H and O–H groups in total. The van der Waals surface area contributed by atoms with Crippen LogP contribution in [0.1, 0.15) is 11.4 Å². The molecule has 0 fully saturated rings. The number of benzene rings is 3. The molecule has 28 heavy (non-hydrogen) atoms. The highest BCUT2D eigenvalue weighted by Crippen LogP contribution is 2.20. The Morgan fingerprint density at radius 2 is 1.32 bits per heavy atom. The Morgan fingerprint density at radius 1 is 0.750 bits per heavy atom. The average molecular weight is 389 g/mol. The molecule has 0 aliphatic rings. The monoisotopic (exact) mass is 389 g/mol. The summed E-state index contributed by atoms with van der Waals surface area (Å²) in [5, 5.41) is 7.11. The maximum absolute atomic E-state index is 5.88. The number of hydrogen-bond acceptors (Lipinski definition) is 4. The minimum atomic E-state index is 0.298. The fourth-order valence-corrected chi connectivity index (χ4v) is 3.05. The van der Waals surface area contributed by atoms with Crippen molar-refractivity contribution in [3.8, 4) is 17.2 Å². The normalized spacial score (nSPS) is 10.6. The number of H-pyrrole nitrogens is 1. The number of nitrogens with zero attached hydrogens (tertiary/aromatic N) is 2. The predicted molar refractivity (Wildman–Crippen MR) is 110 cm³/mol. The molecule has 0 aliphatic carbocycles. The predicted octanol–water partition coefficient (Wildman–Crippen LogP) is 5.09. The van der Waals surface area contributed by atoms with Gasteiger partial charge in [-0.05, 0) is 54.2 Å². The van der Waals surface area contributed by atoms with Crippen molar-refractivity contribution in [2.24, 2.45) is 0 Å². The first-order chi connectivity index (χ1) is 13.8. The van der Waals surface area contributed by atoms with E-state index >= 15 is 0 Å². The lowest BCUT2D eigenvalue weighted by molar-refractivity contribution is 0.289. The van der Waals surface area contributed by atoms with E-state index in [1.165, 1.54) is 0 Å². The van der Waals surface area contributed by atoms with E-state index in [1.807, 2.05) is 89.5 Å². The lowest BCUT2D eigenvalue weighted by Crippen LogP contribution is -2.05. The van der Waals surface area contributed by atoms with Gasteiger partial charge >= 0.3 is 0 Å². The van der Waals surface area contributed by atoms with Crippen molar-refractivity contribution in [1.82, 2.24) is 14.8 Å². The van der Waals surface area contributed by atoms with Crippen molar-refractivity contribution in [1.29, 1.82) is 0 Å². The van der Waals surface area contributed by atoms with E-state index in [4.69, 9.17) is 21.7 Å². The van der Waals surface area contributed by atoms with Gasteiger partial charge in [0.25, 0.3) is 0 Å². The third-order valence-electron chi connectivity index (χ3n) is 4.20. The Balaban J connectivity index is 1.39. The van der Waals surface area contributed by atoms with Crippen molar-refractivity contribution in [2.75, 3.05) is 0 Å². The number of hydrogen-bond donors (Lipinski definition) is 1. The molecule has 0 bridgehead atoms. The second-order valence-corrected chi connectivity index (χ2v) is 6.54. The average Bonchev–Trinajstić information content (AvgIpc) is 3.13. The quantitative estimate of drug-likeness (QED) is 0.448. The van der Waals surface area contributed by atoms with Gasteiger partial charge in [-0.2, -0.15) is 5.10 Å². The van der Waals surface area contributed by atoms with E-state index in [0.717, 1.165) is 22.7 Å². The lowest BCUT2D eigenvalue weighted by Gasteiger charge is -2.10. The van der Waals surface area contributed by atoms with Gasteiger partial charge in [0.1, 0.15) is 24.7 Å². The van der Waals surface area contributed by atoms with E-state index in [9.17, 15) is 0 Å². The van der Waals surface area contributed by atoms with Crippen molar-refractivity contribution >= 4 is 12.2 Å². The summed E-state index contributed by atoms with van der Waals surface area (Å²) in [4.78, 5) is 0. The molecule has 140 valence electrons. The summed E-state index contributed by atoms with van der Waals surface area (Å²) < 4.78 is 14.1. The van der Waals surface area contributed by atoms with Crippen LogP contribution in [0.4, 0.5) is 0 Å². The van der Waals surface area contributed by atoms with Gasteiger partial charge in [0.05, 0.1) is 0 Å². The molecule has 0 atom stereocenters. The molecule has 0 radical (unpaired) electrons. The first kappa shape index (κ1) is 18.0. The van der Waals surface area contributed by atoms with Crippen molar-refractivity contribution < 1.29 is 9.47 Å². The number of para-hydroxylation sites is 1. The molecule has 6 heteroatoms. The summed E-state index contributed by atoms with van der Waals surface area (Å²) in [6, 6.07) is 27.5. The SMILES string of the molecule is S=c1[nH]nc(COc2ccc(OCc3ccccc3)cc2)n1-c1ccccc1. The van der Waals surface area contributed by atoms with Gasteiger partial charge in [-0.15, -0.1) is 0 Å². The molecular formula is C22H19N3O2S. The fourth-order valence-electron chi connectivity index (χ4n) is 2.79. The van der Waals surface area contributed by atoms with Crippen LogP contribution in [0.5, 0.6) is 11.5 Å². The number of ether oxygens (including phenoxy) is 2. The van der Waals surface area contributed by atoms with Crippen LogP contribution in [0.15, 0.2) is 84.9 Å². The molecular weight excluding hydrogens is 370 g/mol. The van der Waals surface area contributed by atoms with Gasteiger partial charge in [-0.25, -0.2) is 0 Å². The van der Waals surface area contributed by atoms with Gasteiger partial charge in [0.2, 0.25) is 0 Å². The van der Waals surface area contributed by atoms with E-state index in [1.54, 1.807) is 0 Å². The highest BCUT2D eigenvalue weighted by molar-refractivity contribution is 7.71. The third kappa shape index (κ3) is 4.29. The van der Waals surface area contributed by atoms with Gasteiger partial charge in [0.15, 0.2) is 10.6 Å². The zero-order valence-electron chi connectivity index (χ0n) is 15.1. The molecule has 0 spiro atoms. The molecule has 1 aromatic heterocycles. The van der Waals surface area contributed by atoms with E-state index in [0.29, 0.717) is 23.8 Å². The molecule has 5 nitrogen and oxygen atoms in total. The largest absolute Gasteiger partial charge is 0.489 e. The molecule has 0 aliphatic heterocycles. The van der Waals surface area contributed by atoms with Crippen LogP contribution in [0.25, 0.3) is 5.69 Å². The number of aromatic nitrogens is 3. The van der Waals surface area contributed by atoms with Crippen LogP contribution in [-0.2, 0) is 13.2 Å². The Hall–Kier alpha value is -3.38. The molecule has 3 aromatic carbocycles. The highest BCUT2D eigenvalue weighted by Gasteiger charge is 2.09. The van der Waals surface area contributed by atoms with Gasteiger partial charge in [-0.3, -0.25) is 9.67 Å². The zero-order valence-corrected chi connectivity index (χ0v) is 15.9. The van der Waals surface area contributed by atoms with Crippen LogP contribution in [0, 0.1) is 4.77 Å². The number of nitrogens with one attached hydrogen (secondary N) is 1. The minimum absolute atomic E-state index is 0.298. The standard InChI is InChI=1S/C22H19N3O2S/c28-22-24-23-21(25(22)18-9-5-2-6-10-18)16-27-20-13-11-19(12-14-20)26-15-17-7-3-1-4-8-17/h1-14H,15-16H2,(H,24,28). The summed E-state index contributed by atoms with van der Waals surface area (Å²) >= 11 is 5.35. The smallest absolute Gasteiger partial charge is 0.199 e. The van der Waals surface area contributed by atoms with Crippen LogP contribution >= 0.6 is 12.2 Å². The molecule has 0 saturated carbocycles.